The quantitative estimate of drug-likeness (QED) is 0.557. The molecule has 0 radical (unpaired) electrons. The van der Waals surface area contributed by atoms with Crippen molar-refractivity contribution in [2.75, 3.05) is 13.2 Å². The number of rotatable bonds is 7. The fraction of sp³-hybridized carbons (Fsp3) is 0.562. The summed E-state index contributed by atoms with van der Waals surface area (Å²) in [7, 11) is 0. The Labute approximate surface area is 114 Å². The Morgan fingerprint density at radius 2 is 1.84 bits per heavy atom. The van der Waals surface area contributed by atoms with Gasteiger partial charge in [0.05, 0.1) is 0 Å². The van der Waals surface area contributed by atoms with E-state index in [0.717, 1.165) is 11.1 Å². The van der Waals surface area contributed by atoms with E-state index in [-0.39, 0.29) is 5.78 Å². The second-order valence-corrected chi connectivity index (χ2v) is 4.82. The molecule has 1 aliphatic carbocycles. The number of carbonyl (C=O) groups excluding carboxylic acids is 1. The van der Waals surface area contributed by atoms with E-state index in [2.05, 4.69) is 6.07 Å². The zero-order valence-electron chi connectivity index (χ0n) is 11.7. The van der Waals surface area contributed by atoms with E-state index in [1.165, 1.54) is 19.3 Å². The predicted octanol–water partition coefficient (Wildman–Crippen LogP) is 3.54. The van der Waals surface area contributed by atoms with E-state index >= 15 is 0 Å². The molecule has 1 fully saturated rings. The SMILES string of the molecule is CCOC(OCC)C(=O)c1ccccc1C1CCC1. The lowest BCUT2D eigenvalue weighted by Gasteiger charge is -2.28. The van der Waals surface area contributed by atoms with Crippen LogP contribution in [0, 0.1) is 0 Å². The lowest BCUT2D eigenvalue weighted by molar-refractivity contribution is -0.107. The third kappa shape index (κ3) is 3.23. The molecule has 3 heteroatoms. The van der Waals surface area contributed by atoms with Gasteiger partial charge < -0.3 is 9.47 Å². The van der Waals surface area contributed by atoms with Gasteiger partial charge in [-0.15, -0.1) is 0 Å². The lowest BCUT2D eigenvalue weighted by Crippen LogP contribution is -2.29. The summed E-state index contributed by atoms with van der Waals surface area (Å²) in [6, 6.07) is 7.86. The van der Waals surface area contributed by atoms with Crippen LogP contribution in [0.4, 0.5) is 0 Å². The van der Waals surface area contributed by atoms with E-state index in [1.807, 2.05) is 32.0 Å². The smallest absolute Gasteiger partial charge is 0.222 e. The first-order valence-corrected chi connectivity index (χ1v) is 7.14. The van der Waals surface area contributed by atoms with E-state index < -0.39 is 6.29 Å². The first-order valence-electron chi connectivity index (χ1n) is 7.14. The van der Waals surface area contributed by atoms with Gasteiger partial charge in [0, 0.05) is 18.8 Å². The summed E-state index contributed by atoms with van der Waals surface area (Å²) in [6.45, 7) is 4.69. The number of Topliss-reactive ketones (excluding diaryl/α,β-unsaturated/α-hetero) is 1. The molecule has 1 aromatic rings. The van der Waals surface area contributed by atoms with E-state index in [0.29, 0.717) is 19.1 Å². The second-order valence-electron chi connectivity index (χ2n) is 4.82. The van der Waals surface area contributed by atoms with Gasteiger partial charge in [-0.2, -0.15) is 0 Å². The van der Waals surface area contributed by atoms with Crippen LogP contribution < -0.4 is 0 Å². The summed E-state index contributed by atoms with van der Waals surface area (Å²) in [5.74, 6) is 0.482. The van der Waals surface area contributed by atoms with Crippen molar-refractivity contribution in [3.63, 3.8) is 0 Å². The Morgan fingerprint density at radius 1 is 1.21 bits per heavy atom. The molecule has 0 bridgehead atoms. The predicted molar refractivity (Wildman–Crippen MR) is 74.4 cm³/mol. The maximum Gasteiger partial charge on any atom is 0.222 e. The molecule has 104 valence electrons. The van der Waals surface area contributed by atoms with Gasteiger partial charge in [0.15, 0.2) is 0 Å². The third-order valence-corrected chi connectivity index (χ3v) is 3.62. The van der Waals surface area contributed by atoms with Crippen LogP contribution in [-0.4, -0.2) is 25.3 Å². The average molecular weight is 262 g/mol. The van der Waals surface area contributed by atoms with Gasteiger partial charge in [-0.3, -0.25) is 4.79 Å². The van der Waals surface area contributed by atoms with Crippen molar-refractivity contribution in [1.29, 1.82) is 0 Å². The summed E-state index contributed by atoms with van der Waals surface area (Å²) < 4.78 is 10.8. The van der Waals surface area contributed by atoms with Crippen molar-refractivity contribution in [2.24, 2.45) is 0 Å². The zero-order chi connectivity index (χ0) is 13.7. The number of hydrogen-bond acceptors (Lipinski definition) is 3. The largest absolute Gasteiger partial charge is 0.346 e. The molecule has 0 heterocycles. The maximum absolute atomic E-state index is 12.5. The minimum atomic E-state index is -0.767. The number of ketones is 1. The van der Waals surface area contributed by atoms with E-state index in [1.54, 1.807) is 0 Å². The summed E-state index contributed by atoms with van der Waals surface area (Å²) in [4.78, 5) is 12.5. The minimum Gasteiger partial charge on any atom is -0.346 e. The van der Waals surface area contributed by atoms with Gasteiger partial charge in [0.25, 0.3) is 0 Å². The highest BCUT2D eigenvalue weighted by Gasteiger charge is 2.28. The Bertz CT molecular complexity index is 418. The highest BCUT2D eigenvalue weighted by molar-refractivity contribution is 6.00. The molecule has 0 aliphatic heterocycles. The zero-order valence-corrected chi connectivity index (χ0v) is 11.7. The molecule has 1 aromatic carbocycles. The number of ether oxygens (including phenoxy) is 2. The Morgan fingerprint density at radius 3 is 2.37 bits per heavy atom. The van der Waals surface area contributed by atoms with Crippen LogP contribution in [0.25, 0.3) is 0 Å². The Balaban J connectivity index is 2.21. The maximum atomic E-state index is 12.5. The monoisotopic (exact) mass is 262 g/mol. The van der Waals surface area contributed by atoms with Gasteiger partial charge in [0.2, 0.25) is 12.1 Å². The number of benzene rings is 1. The van der Waals surface area contributed by atoms with Gasteiger partial charge >= 0.3 is 0 Å². The molecule has 0 aromatic heterocycles. The Hall–Kier alpha value is -1.19. The Kier molecular flexibility index (Phi) is 5.11. The van der Waals surface area contributed by atoms with E-state index in [4.69, 9.17) is 9.47 Å². The van der Waals surface area contributed by atoms with Gasteiger partial charge in [-0.1, -0.05) is 30.7 Å². The summed E-state index contributed by atoms with van der Waals surface area (Å²) in [5.41, 5.74) is 1.92. The van der Waals surface area contributed by atoms with Gasteiger partial charge in [0.1, 0.15) is 0 Å². The topological polar surface area (TPSA) is 35.5 Å². The van der Waals surface area contributed by atoms with Crippen molar-refractivity contribution in [1.82, 2.24) is 0 Å². The molecule has 2 rings (SSSR count). The number of carbonyl (C=O) groups is 1. The standard InChI is InChI=1S/C16H22O3/c1-3-18-16(19-4-2)15(17)14-11-6-5-10-13(14)12-8-7-9-12/h5-6,10-12,16H,3-4,7-9H2,1-2H3. The first-order chi connectivity index (χ1) is 9.27. The lowest BCUT2D eigenvalue weighted by atomic mass is 9.77. The van der Waals surface area contributed by atoms with Crippen LogP contribution in [0.5, 0.6) is 0 Å². The fourth-order valence-electron chi connectivity index (χ4n) is 2.43. The molecule has 0 unspecified atom stereocenters. The minimum absolute atomic E-state index is 0.0498. The highest BCUT2D eigenvalue weighted by atomic mass is 16.7. The summed E-state index contributed by atoms with van der Waals surface area (Å²) in [5, 5.41) is 0. The van der Waals surface area contributed by atoms with Crippen LogP contribution >= 0.6 is 0 Å². The second kappa shape index (κ2) is 6.83. The fourth-order valence-corrected chi connectivity index (χ4v) is 2.43. The molecule has 1 saturated carbocycles. The normalized spacial score (nSPS) is 15.5. The van der Waals surface area contributed by atoms with Crippen LogP contribution in [-0.2, 0) is 9.47 Å². The van der Waals surface area contributed by atoms with Crippen molar-refractivity contribution in [3.8, 4) is 0 Å². The molecule has 0 amide bonds. The van der Waals surface area contributed by atoms with Gasteiger partial charge in [-0.25, -0.2) is 0 Å². The number of hydrogen-bond donors (Lipinski definition) is 0. The summed E-state index contributed by atoms with van der Waals surface area (Å²) in [6.07, 6.45) is 2.85. The van der Waals surface area contributed by atoms with Crippen LogP contribution in [0.3, 0.4) is 0 Å². The van der Waals surface area contributed by atoms with Crippen LogP contribution in [0.1, 0.15) is 54.9 Å². The molecule has 19 heavy (non-hydrogen) atoms. The molecule has 0 spiro atoms. The molecule has 0 atom stereocenters. The molecular formula is C16H22O3. The van der Waals surface area contributed by atoms with Crippen molar-refractivity contribution >= 4 is 5.78 Å². The summed E-state index contributed by atoms with van der Waals surface area (Å²) >= 11 is 0. The van der Waals surface area contributed by atoms with Crippen LogP contribution in [0.15, 0.2) is 24.3 Å². The first kappa shape index (κ1) is 14.2. The molecule has 1 aliphatic rings. The van der Waals surface area contributed by atoms with Crippen molar-refractivity contribution in [3.05, 3.63) is 35.4 Å². The average Bonchev–Trinajstić information content (AvgIpc) is 2.36. The molecule has 0 saturated heterocycles. The van der Waals surface area contributed by atoms with Crippen molar-refractivity contribution in [2.45, 2.75) is 45.3 Å². The molecule has 0 N–H and O–H groups in total. The van der Waals surface area contributed by atoms with Crippen LogP contribution in [0.2, 0.25) is 0 Å². The molecule has 3 nitrogen and oxygen atoms in total. The molecular weight excluding hydrogens is 240 g/mol. The van der Waals surface area contributed by atoms with Gasteiger partial charge in [-0.05, 0) is 38.2 Å². The highest BCUT2D eigenvalue weighted by Crippen LogP contribution is 2.38. The third-order valence-electron chi connectivity index (χ3n) is 3.62. The van der Waals surface area contributed by atoms with Crippen molar-refractivity contribution < 1.29 is 14.3 Å². The van der Waals surface area contributed by atoms with E-state index in [9.17, 15) is 4.79 Å².